The Labute approximate surface area is 151 Å². The molecule has 1 amide bonds. The molecular formula is C21H31N3O. The number of hydrogen-bond acceptors (Lipinski definition) is 3. The van der Waals surface area contributed by atoms with Gasteiger partial charge in [0.25, 0.3) is 0 Å². The highest BCUT2D eigenvalue weighted by Crippen LogP contribution is 2.27. The van der Waals surface area contributed by atoms with E-state index in [1.165, 1.54) is 29.5 Å². The van der Waals surface area contributed by atoms with Crippen LogP contribution in [0.4, 0.5) is 0 Å². The zero-order valence-electron chi connectivity index (χ0n) is 15.8. The molecule has 2 aliphatic rings. The molecule has 4 heteroatoms. The first-order valence-electron chi connectivity index (χ1n) is 9.52. The van der Waals surface area contributed by atoms with Crippen LogP contribution in [0.3, 0.4) is 0 Å². The van der Waals surface area contributed by atoms with Gasteiger partial charge in [0.15, 0.2) is 0 Å². The summed E-state index contributed by atoms with van der Waals surface area (Å²) in [4.78, 5) is 17.0. The lowest BCUT2D eigenvalue weighted by Crippen LogP contribution is -2.47. The number of rotatable bonds is 3. The van der Waals surface area contributed by atoms with Crippen molar-refractivity contribution in [2.75, 3.05) is 46.3 Å². The van der Waals surface area contributed by atoms with Crippen LogP contribution in [-0.4, -0.2) is 62.0 Å². The number of aryl methyl sites for hydroxylation is 1. The molecule has 0 spiro atoms. The van der Waals surface area contributed by atoms with Crippen molar-refractivity contribution in [3.8, 4) is 0 Å². The van der Waals surface area contributed by atoms with Gasteiger partial charge in [-0.05, 0) is 75.5 Å². The molecule has 0 bridgehead atoms. The predicted octanol–water partition coefficient (Wildman–Crippen LogP) is 2.64. The van der Waals surface area contributed by atoms with Crippen LogP contribution >= 0.6 is 0 Å². The second-order valence-corrected chi connectivity index (χ2v) is 7.56. The number of carbonyl (C=O) groups is 1. The Morgan fingerprint density at radius 2 is 1.84 bits per heavy atom. The third-order valence-electron chi connectivity index (χ3n) is 5.61. The van der Waals surface area contributed by atoms with Gasteiger partial charge in [-0.15, -0.1) is 0 Å². The van der Waals surface area contributed by atoms with Gasteiger partial charge in [0.2, 0.25) is 5.91 Å². The maximum Gasteiger partial charge on any atom is 0.249 e. The maximum absolute atomic E-state index is 12.7. The summed E-state index contributed by atoms with van der Waals surface area (Å²) in [6, 6.07) is 6.77. The van der Waals surface area contributed by atoms with Crippen LogP contribution in [0.5, 0.6) is 0 Å². The highest BCUT2D eigenvalue weighted by atomic mass is 16.2. The fourth-order valence-corrected chi connectivity index (χ4v) is 3.78. The van der Waals surface area contributed by atoms with Gasteiger partial charge < -0.3 is 15.1 Å². The largest absolute Gasteiger partial charge is 0.336 e. The van der Waals surface area contributed by atoms with Gasteiger partial charge in [-0.1, -0.05) is 18.2 Å². The summed E-state index contributed by atoms with van der Waals surface area (Å²) in [7, 11) is 2.11. The van der Waals surface area contributed by atoms with Gasteiger partial charge in [0.05, 0.1) is 0 Å². The minimum absolute atomic E-state index is 0.180. The molecule has 2 heterocycles. The number of likely N-dealkylation sites (N-methyl/N-ethyl adjacent to an activating group) is 1. The quantitative estimate of drug-likeness (QED) is 0.859. The number of piperidine rings is 1. The zero-order valence-corrected chi connectivity index (χ0v) is 15.8. The van der Waals surface area contributed by atoms with E-state index in [1.54, 1.807) is 0 Å². The van der Waals surface area contributed by atoms with Crippen LogP contribution in [0.1, 0.15) is 42.4 Å². The summed E-state index contributed by atoms with van der Waals surface area (Å²) in [6.45, 7) is 9.87. The van der Waals surface area contributed by atoms with Gasteiger partial charge in [-0.25, -0.2) is 0 Å². The van der Waals surface area contributed by atoms with Crippen molar-refractivity contribution in [1.82, 2.24) is 15.1 Å². The van der Waals surface area contributed by atoms with Gasteiger partial charge in [-0.3, -0.25) is 4.79 Å². The molecule has 2 saturated heterocycles. The number of benzene rings is 1. The lowest BCUT2D eigenvalue weighted by atomic mass is 9.88. The van der Waals surface area contributed by atoms with Gasteiger partial charge >= 0.3 is 0 Å². The second kappa shape index (κ2) is 8.15. The van der Waals surface area contributed by atoms with E-state index in [-0.39, 0.29) is 5.91 Å². The molecule has 136 valence electrons. The lowest BCUT2D eigenvalue weighted by Gasteiger charge is -2.32. The zero-order chi connectivity index (χ0) is 17.8. The monoisotopic (exact) mass is 341 g/mol. The van der Waals surface area contributed by atoms with Crippen molar-refractivity contribution in [2.24, 2.45) is 0 Å². The van der Waals surface area contributed by atoms with E-state index in [1.807, 2.05) is 11.8 Å². The number of nitrogens with zero attached hydrogens (tertiary/aromatic N) is 2. The molecule has 0 atom stereocenters. The molecule has 0 aromatic heterocycles. The van der Waals surface area contributed by atoms with E-state index in [0.717, 1.165) is 44.8 Å². The molecule has 3 rings (SSSR count). The molecule has 1 N–H and O–H groups in total. The van der Waals surface area contributed by atoms with Crippen LogP contribution in [0.25, 0.3) is 6.08 Å². The molecule has 2 fully saturated rings. The number of nitrogens with one attached hydrogen (secondary N) is 1. The van der Waals surface area contributed by atoms with Crippen LogP contribution in [0.2, 0.25) is 0 Å². The Morgan fingerprint density at radius 3 is 2.52 bits per heavy atom. The van der Waals surface area contributed by atoms with Crippen molar-refractivity contribution in [1.29, 1.82) is 0 Å². The number of carbonyl (C=O) groups excluding carboxylic acids is 1. The number of amides is 1. The molecule has 25 heavy (non-hydrogen) atoms. The predicted molar refractivity (Wildman–Crippen MR) is 104 cm³/mol. The van der Waals surface area contributed by atoms with Crippen molar-refractivity contribution in [3.05, 3.63) is 40.5 Å². The van der Waals surface area contributed by atoms with Crippen molar-refractivity contribution in [2.45, 2.75) is 32.6 Å². The Hall–Kier alpha value is -1.65. The molecule has 0 aliphatic carbocycles. The summed E-state index contributed by atoms with van der Waals surface area (Å²) < 4.78 is 0. The maximum atomic E-state index is 12.7. The summed E-state index contributed by atoms with van der Waals surface area (Å²) >= 11 is 0. The Bertz CT molecular complexity index is 639. The topological polar surface area (TPSA) is 35.6 Å². The molecule has 0 saturated carbocycles. The summed E-state index contributed by atoms with van der Waals surface area (Å²) in [5.74, 6) is 0.822. The Morgan fingerprint density at radius 1 is 1.16 bits per heavy atom. The first-order valence-corrected chi connectivity index (χ1v) is 9.52. The van der Waals surface area contributed by atoms with E-state index >= 15 is 0 Å². The standard InChI is InChI=1S/C21H31N3O/c1-16-4-5-19(18-6-8-22-9-7-18)15-20(16)14-17(2)21(25)24-12-10-23(3)11-13-24/h4-5,14-15,18,22H,6-13H2,1-3H3/b17-14+. The third kappa shape index (κ3) is 4.50. The Balaban J connectivity index is 1.75. The average molecular weight is 341 g/mol. The van der Waals surface area contributed by atoms with Crippen molar-refractivity contribution < 1.29 is 4.79 Å². The summed E-state index contributed by atoms with van der Waals surface area (Å²) in [6.07, 6.45) is 4.48. The minimum Gasteiger partial charge on any atom is -0.336 e. The van der Waals surface area contributed by atoms with Crippen LogP contribution < -0.4 is 5.32 Å². The van der Waals surface area contributed by atoms with Gasteiger partial charge in [-0.2, -0.15) is 0 Å². The van der Waals surface area contributed by atoms with Crippen LogP contribution in [0.15, 0.2) is 23.8 Å². The summed E-state index contributed by atoms with van der Waals surface area (Å²) in [5.41, 5.74) is 4.69. The molecule has 2 aliphatic heterocycles. The van der Waals surface area contributed by atoms with Gasteiger partial charge in [0.1, 0.15) is 0 Å². The number of piperazine rings is 1. The first-order chi connectivity index (χ1) is 12.0. The Kier molecular flexibility index (Phi) is 5.92. The average Bonchev–Trinajstić information content (AvgIpc) is 2.64. The van der Waals surface area contributed by atoms with E-state index in [2.05, 4.69) is 48.5 Å². The molecule has 1 aromatic carbocycles. The highest BCUT2D eigenvalue weighted by molar-refractivity contribution is 5.97. The fraction of sp³-hybridized carbons (Fsp3) is 0.571. The molecule has 4 nitrogen and oxygen atoms in total. The normalized spacial score (nSPS) is 20.8. The molecule has 0 unspecified atom stereocenters. The minimum atomic E-state index is 0.180. The van der Waals surface area contributed by atoms with Gasteiger partial charge in [0, 0.05) is 31.8 Å². The SMILES string of the molecule is C/C(=C\c1cc(C2CCNCC2)ccc1C)C(=O)N1CCN(C)CC1. The number of hydrogen-bond donors (Lipinski definition) is 1. The second-order valence-electron chi connectivity index (χ2n) is 7.56. The fourth-order valence-electron chi connectivity index (χ4n) is 3.78. The van der Waals surface area contributed by atoms with E-state index < -0.39 is 0 Å². The third-order valence-corrected chi connectivity index (χ3v) is 5.61. The van der Waals surface area contributed by atoms with Crippen LogP contribution in [-0.2, 0) is 4.79 Å². The smallest absolute Gasteiger partial charge is 0.249 e. The molecule has 0 radical (unpaired) electrons. The molecular weight excluding hydrogens is 310 g/mol. The van der Waals surface area contributed by atoms with E-state index in [4.69, 9.17) is 0 Å². The van der Waals surface area contributed by atoms with Crippen LogP contribution in [0, 0.1) is 6.92 Å². The van der Waals surface area contributed by atoms with E-state index in [9.17, 15) is 4.79 Å². The molecule has 1 aromatic rings. The highest BCUT2D eigenvalue weighted by Gasteiger charge is 2.20. The van der Waals surface area contributed by atoms with E-state index in [0.29, 0.717) is 5.92 Å². The summed E-state index contributed by atoms with van der Waals surface area (Å²) in [5, 5.41) is 3.43. The van der Waals surface area contributed by atoms with Crippen molar-refractivity contribution >= 4 is 12.0 Å². The lowest BCUT2D eigenvalue weighted by molar-refractivity contribution is -0.128. The van der Waals surface area contributed by atoms with Crippen molar-refractivity contribution in [3.63, 3.8) is 0 Å². The first kappa shape index (κ1) is 18.2.